The molecule has 1 heteroatoms. The van der Waals surface area contributed by atoms with Crippen molar-refractivity contribution in [3.8, 4) is 22.3 Å². The lowest BCUT2D eigenvalue weighted by molar-refractivity contribution is 0.659. The molecule has 0 amide bonds. The molecule has 7 rings (SSSR count). The third-order valence-electron chi connectivity index (χ3n) is 8.61. The molecule has 0 heterocycles. The molecule has 5 aromatic rings. The zero-order valence-electron chi connectivity index (χ0n) is 23.1. The van der Waals surface area contributed by atoms with Crippen molar-refractivity contribution in [2.45, 2.75) is 31.6 Å². The normalized spacial score (nSPS) is 16.6. The average Bonchev–Trinajstić information content (AvgIpc) is 3.26. The first kappa shape index (κ1) is 24.4. The summed E-state index contributed by atoms with van der Waals surface area (Å²) in [6, 6.07) is 46.3. The van der Waals surface area contributed by atoms with Crippen LogP contribution < -0.4 is 4.90 Å². The first-order chi connectivity index (χ1) is 19.6. The summed E-state index contributed by atoms with van der Waals surface area (Å²) < 4.78 is 0. The van der Waals surface area contributed by atoms with Crippen LogP contribution in [0.1, 0.15) is 42.9 Å². The summed E-state index contributed by atoms with van der Waals surface area (Å²) >= 11 is 0. The van der Waals surface area contributed by atoms with E-state index in [0.717, 1.165) is 6.42 Å². The molecule has 1 nitrogen and oxygen atoms in total. The van der Waals surface area contributed by atoms with Crippen LogP contribution in [0.15, 0.2) is 151 Å². The van der Waals surface area contributed by atoms with E-state index in [4.69, 9.17) is 0 Å². The average molecular weight is 516 g/mol. The minimum Gasteiger partial charge on any atom is -0.314 e. The molecule has 0 aromatic heterocycles. The molecule has 0 N–H and O–H groups in total. The highest BCUT2D eigenvalue weighted by Gasteiger charge is 2.39. The van der Waals surface area contributed by atoms with E-state index in [1.165, 1.54) is 56.0 Å². The summed E-state index contributed by atoms with van der Waals surface area (Å²) in [5.41, 5.74) is 13.0. The van der Waals surface area contributed by atoms with Gasteiger partial charge in [-0.2, -0.15) is 0 Å². The highest BCUT2D eigenvalue weighted by Crippen LogP contribution is 2.54. The SMILES string of the molecule is CC1(C)c2ccccc2-c2cccc(N(C3=CC=CC(c4ccccc4)C3)c3ccc(-c4ccccc4)cc3)c21. The number of benzene rings is 5. The maximum atomic E-state index is 2.51. The second-order valence-electron chi connectivity index (χ2n) is 11.4. The van der Waals surface area contributed by atoms with Crippen molar-refractivity contribution in [1.82, 2.24) is 0 Å². The lowest BCUT2D eigenvalue weighted by atomic mass is 9.81. The van der Waals surface area contributed by atoms with Gasteiger partial charge in [0, 0.05) is 22.7 Å². The summed E-state index contributed by atoms with van der Waals surface area (Å²) in [6.45, 7) is 4.75. The summed E-state index contributed by atoms with van der Waals surface area (Å²) in [6.07, 6.45) is 7.83. The number of anilines is 2. The Hall–Kier alpha value is -4.62. The molecule has 194 valence electrons. The van der Waals surface area contributed by atoms with Gasteiger partial charge in [0.25, 0.3) is 0 Å². The molecule has 5 aromatic carbocycles. The maximum Gasteiger partial charge on any atom is 0.0505 e. The van der Waals surface area contributed by atoms with Gasteiger partial charge < -0.3 is 4.90 Å². The van der Waals surface area contributed by atoms with Gasteiger partial charge in [0.05, 0.1) is 5.69 Å². The lowest BCUT2D eigenvalue weighted by Gasteiger charge is -2.35. The highest BCUT2D eigenvalue weighted by atomic mass is 15.2. The predicted octanol–water partition coefficient (Wildman–Crippen LogP) is 10.4. The zero-order valence-corrected chi connectivity index (χ0v) is 23.1. The summed E-state index contributed by atoms with van der Waals surface area (Å²) in [5.74, 6) is 0.342. The van der Waals surface area contributed by atoms with E-state index >= 15 is 0 Å². The van der Waals surface area contributed by atoms with Gasteiger partial charge in [-0.05, 0) is 69.6 Å². The number of allylic oxidation sites excluding steroid dienone is 4. The monoisotopic (exact) mass is 515 g/mol. The second-order valence-corrected chi connectivity index (χ2v) is 11.4. The van der Waals surface area contributed by atoms with Crippen LogP contribution in [-0.4, -0.2) is 0 Å². The Labute approximate surface area is 237 Å². The Balaban J connectivity index is 1.38. The largest absolute Gasteiger partial charge is 0.314 e. The van der Waals surface area contributed by atoms with Crippen LogP contribution in [0.25, 0.3) is 22.3 Å². The van der Waals surface area contributed by atoms with E-state index in [1.807, 2.05) is 0 Å². The van der Waals surface area contributed by atoms with E-state index in [0.29, 0.717) is 5.92 Å². The number of hydrogen-bond acceptors (Lipinski definition) is 1. The second kappa shape index (κ2) is 9.84. The van der Waals surface area contributed by atoms with Gasteiger partial charge in [-0.3, -0.25) is 0 Å². The molecule has 0 radical (unpaired) electrons. The molecular weight excluding hydrogens is 482 g/mol. The van der Waals surface area contributed by atoms with Gasteiger partial charge in [-0.15, -0.1) is 0 Å². The van der Waals surface area contributed by atoms with Gasteiger partial charge in [0.2, 0.25) is 0 Å². The molecule has 40 heavy (non-hydrogen) atoms. The van der Waals surface area contributed by atoms with Crippen molar-refractivity contribution in [3.05, 3.63) is 168 Å². The van der Waals surface area contributed by atoms with Gasteiger partial charge >= 0.3 is 0 Å². The third-order valence-corrected chi connectivity index (χ3v) is 8.61. The fraction of sp³-hybridized carbons (Fsp3) is 0.128. The van der Waals surface area contributed by atoms with E-state index in [9.17, 15) is 0 Å². The van der Waals surface area contributed by atoms with Crippen LogP contribution in [0.3, 0.4) is 0 Å². The maximum absolute atomic E-state index is 2.51. The zero-order chi connectivity index (χ0) is 27.1. The molecule has 1 unspecified atom stereocenters. The van der Waals surface area contributed by atoms with Crippen molar-refractivity contribution in [1.29, 1.82) is 0 Å². The molecule has 0 aliphatic heterocycles. The Kier molecular flexibility index (Phi) is 6.01. The molecule has 0 fully saturated rings. The Morgan fingerprint density at radius 1 is 0.625 bits per heavy atom. The highest BCUT2D eigenvalue weighted by molar-refractivity contribution is 5.89. The lowest BCUT2D eigenvalue weighted by Crippen LogP contribution is -2.24. The van der Waals surface area contributed by atoms with E-state index in [2.05, 4.69) is 164 Å². The summed E-state index contributed by atoms with van der Waals surface area (Å²) in [4.78, 5) is 2.51. The smallest absolute Gasteiger partial charge is 0.0505 e. The van der Waals surface area contributed by atoms with Crippen LogP contribution >= 0.6 is 0 Å². The van der Waals surface area contributed by atoms with Crippen molar-refractivity contribution in [3.63, 3.8) is 0 Å². The van der Waals surface area contributed by atoms with E-state index in [1.54, 1.807) is 0 Å². The molecule has 2 aliphatic carbocycles. The molecule has 0 saturated carbocycles. The van der Waals surface area contributed by atoms with Gasteiger partial charge in [-0.1, -0.05) is 135 Å². The Morgan fingerprint density at radius 3 is 2.05 bits per heavy atom. The predicted molar refractivity (Wildman–Crippen MR) is 169 cm³/mol. The van der Waals surface area contributed by atoms with Gasteiger partial charge in [0.15, 0.2) is 0 Å². The number of fused-ring (bicyclic) bond motifs is 3. The Bertz CT molecular complexity index is 1720. The van der Waals surface area contributed by atoms with Crippen LogP contribution in [-0.2, 0) is 5.41 Å². The first-order valence-electron chi connectivity index (χ1n) is 14.2. The molecule has 0 saturated heterocycles. The standard InChI is InChI=1S/C39H33N/c1-39(2)36-21-10-9-19-34(36)35-20-12-22-37(38(35)39)40(32-25-23-30(24-26-32)28-13-5-3-6-14-28)33-18-11-17-31(27-33)29-15-7-4-8-16-29/h3-26,31H,27H2,1-2H3. The number of hydrogen-bond donors (Lipinski definition) is 0. The van der Waals surface area contributed by atoms with Crippen LogP contribution in [0.2, 0.25) is 0 Å². The molecular formula is C39H33N. The van der Waals surface area contributed by atoms with Crippen LogP contribution in [0, 0.1) is 0 Å². The molecule has 2 aliphatic rings. The quantitative estimate of drug-likeness (QED) is 0.225. The fourth-order valence-electron chi connectivity index (χ4n) is 6.66. The van der Waals surface area contributed by atoms with E-state index < -0.39 is 0 Å². The van der Waals surface area contributed by atoms with Gasteiger partial charge in [0.1, 0.15) is 0 Å². The van der Waals surface area contributed by atoms with Crippen LogP contribution in [0.5, 0.6) is 0 Å². The Morgan fingerprint density at radius 2 is 1.27 bits per heavy atom. The topological polar surface area (TPSA) is 3.24 Å². The minimum atomic E-state index is -0.103. The number of nitrogens with zero attached hydrogens (tertiary/aromatic N) is 1. The van der Waals surface area contributed by atoms with Crippen molar-refractivity contribution in [2.75, 3.05) is 4.90 Å². The fourth-order valence-corrected chi connectivity index (χ4v) is 6.66. The van der Waals surface area contributed by atoms with Crippen molar-refractivity contribution < 1.29 is 0 Å². The van der Waals surface area contributed by atoms with Crippen molar-refractivity contribution >= 4 is 11.4 Å². The van der Waals surface area contributed by atoms with E-state index in [-0.39, 0.29) is 5.41 Å². The first-order valence-corrected chi connectivity index (χ1v) is 14.2. The van der Waals surface area contributed by atoms with Crippen molar-refractivity contribution in [2.24, 2.45) is 0 Å². The number of rotatable bonds is 5. The molecule has 1 atom stereocenters. The van der Waals surface area contributed by atoms with Gasteiger partial charge in [-0.25, -0.2) is 0 Å². The summed E-state index contributed by atoms with van der Waals surface area (Å²) in [5, 5.41) is 0. The third kappa shape index (κ3) is 4.10. The molecule has 0 bridgehead atoms. The molecule has 0 spiro atoms. The summed E-state index contributed by atoms with van der Waals surface area (Å²) in [7, 11) is 0. The van der Waals surface area contributed by atoms with Crippen LogP contribution in [0.4, 0.5) is 11.4 Å². The minimum absolute atomic E-state index is 0.103.